The van der Waals surface area contributed by atoms with Gasteiger partial charge < -0.3 is 15.8 Å². The minimum absolute atomic E-state index is 0.0738. The highest BCUT2D eigenvalue weighted by Crippen LogP contribution is 2.22. The van der Waals surface area contributed by atoms with Crippen molar-refractivity contribution in [3.05, 3.63) is 46.2 Å². The maximum absolute atomic E-state index is 12.2. The Balaban J connectivity index is 2.00. The largest absolute Gasteiger partial charge is 0.495 e. The van der Waals surface area contributed by atoms with Crippen LogP contribution in [0.3, 0.4) is 0 Å². The number of anilines is 1. The van der Waals surface area contributed by atoms with Gasteiger partial charge in [0.1, 0.15) is 5.75 Å². The number of benzene rings is 1. The number of carbonyl (C=O) groups excluding carboxylic acids is 1. The summed E-state index contributed by atoms with van der Waals surface area (Å²) in [6.45, 7) is 1.99. The number of nitrogens with one attached hydrogen (secondary N) is 1. The van der Waals surface area contributed by atoms with E-state index in [4.69, 9.17) is 10.5 Å². The Morgan fingerprint density at radius 2 is 2.25 bits per heavy atom. The molecular formula is C15H18N2O2S. The van der Waals surface area contributed by atoms with Gasteiger partial charge in [-0.1, -0.05) is 6.07 Å². The van der Waals surface area contributed by atoms with Crippen LogP contribution in [0.1, 0.15) is 22.2 Å². The molecule has 1 unspecified atom stereocenters. The molecule has 1 amide bonds. The fourth-order valence-corrected chi connectivity index (χ4v) is 2.78. The summed E-state index contributed by atoms with van der Waals surface area (Å²) in [6, 6.07) is 9.19. The van der Waals surface area contributed by atoms with Crippen molar-refractivity contribution < 1.29 is 9.53 Å². The van der Waals surface area contributed by atoms with Crippen molar-refractivity contribution in [1.82, 2.24) is 5.32 Å². The smallest absolute Gasteiger partial charge is 0.251 e. The van der Waals surface area contributed by atoms with E-state index in [1.165, 1.54) is 12.0 Å². The molecule has 4 nitrogen and oxygen atoms in total. The minimum Gasteiger partial charge on any atom is -0.495 e. The van der Waals surface area contributed by atoms with Crippen LogP contribution in [0.2, 0.25) is 0 Å². The molecule has 0 aliphatic carbocycles. The zero-order valence-corrected chi connectivity index (χ0v) is 12.4. The molecule has 0 saturated heterocycles. The third kappa shape index (κ3) is 3.51. The van der Waals surface area contributed by atoms with Gasteiger partial charge in [-0.25, -0.2) is 0 Å². The molecule has 0 aliphatic rings. The predicted molar refractivity (Wildman–Crippen MR) is 82.4 cm³/mol. The molecular weight excluding hydrogens is 272 g/mol. The van der Waals surface area contributed by atoms with E-state index in [9.17, 15) is 4.79 Å². The van der Waals surface area contributed by atoms with Gasteiger partial charge in [0.15, 0.2) is 0 Å². The van der Waals surface area contributed by atoms with Crippen molar-refractivity contribution in [2.75, 3.05) is 12.8 Å². The van der Waals surface area contributed by atoms with Crippen LogP contribution < -0.4 is 15.8 Å². The second-order valence-corrected chi connectivity index (χ2v) is 5.65. The molecule has 1 atom stereocenters. The topological polar surface area (TPSA) is 64.3 Å². The summed E-state index contributed by atoms with van der Waals surface area (Å²) in [6.07, 6.45) is 0.829. The summed E-state index contributed by atoms with van der Waals surface area (Å²) in [5.41, 5.74) is 6.81. The number of hydrogen-bond donors (Lipinski definition) is 2. The van der Waals surface area contributed by atoms with Crippen LogP contribution in [-0.4, -0.2) is 19.1 Å². The van der Waals surface area contributed by atoms with Gasteiger partial charge in [-0.15, -0.1) is 11.3 Å². The lowest BCUT2D eigenvalue weighted by Crippen LogP contribution is -2.33. The van der Waals surface area contributed by atoms with E-state index in [2.05, 4.69) is 11.4 Å². The SMILES string of the molecule is COc1cc(C(=O)NC(C)Cc2cccs2)ccc1N. The van der Waals surface area contributed by atoms with Crippen molar-refractivity contribution in [1.29, 1.82) is 0 Å². The van der Waals surface area contributed by atoms with Gasteiger partial charge in [-0.2, -0.15) is 0 Å². The average Bonchev–Trinajstić information content (AvgIpc) is 2.91. The lowest BCUT2D eigenvalue weighted by Gasteiger charge is -2.14. The third-order valence-corrected chi connectivity index (χ3v) is 3.86. The van der Waals surface area contributed by atoms with Crippen molar-refractivity contribution in [3.8, 4) is 5.75 Å². The molecule has 0 saturated carbocycles. The number of nitrogens with two attached hydrogens (primary N) is 1. The Kier molecular flexibility index (Phi) is 4.63. The van der Waals surface area contributed by atoms with Gasteiger partial charge in [-0.3, -0.25) is 4.79 Å². The van der Waals surface area contributed by atoms with E-state index < -0.39 is 0 Å². The monoisotopic (exact) mass is 290 g/mol. The first-order chi connectivity index (χ1) is 9.60. The van der Waals surface area contributed by atoms with E-state index >= 15 is 0 Å². The second-order valence-electron chi connectivity index (χ2n) is 4.61. The Hall–Kier alpha value is -2.01. The number of nitrogen functional groups attached to an aromatic ring is 1. The predicted octanol–water partition coefficient (Wildman–Crippen LogP) is 2.70. The van der Waals surface area contributed by atoms with Crippen LogP contribution in [0.4, 0.5) is 5.69 Å². The molecule has 0 spiro atoms. The number of ether oxygens (including phenoxy) is 1. The summed E-state index contributed by atoms with van der Waals surface area (Å²) in [7, 11) is 1.53. The molecule has 3 N–H and O–H groups in total. The molecule has 1 aromatic heterocycles. The Morgan fingerprint density at radius 3 is 2.90 bits per heavy atom. The fraction of sp³-hybridized carbons (Fsp3) is 0.267. The fourth-order valence-electron chi connectivity index (χ4n) is 1.94. The number of rotatable bonds is 5. The van der Waals surface area contributed by atoms with Gasteiger partial charge in [0.05, 0.1) is 12.8 Å². The first kappa shape index (κ1) is 14.4. The zero-order valence-electron chi connectivity index (χ0n) is 11.6. The van der Waals surface area contributed by atoms with Crippen LogP contribution in [0.5, 0.6) is 5.75 Å². The summed E-state index contributed by atoms with van der Waals surface area (Å²) >= 11 is 1.69. The van der Waals surface area contributed by atoms with Gasteiger partial charge >= 0.3 is 0 Å². The lowest BCUT2D eigenvalue weighted by atomic mass is 10.1. The maximum atomic E-state index is 12.2. The standard InChI is InChI=1S/C15H18N2O2S/c1-10(8-12-4-3-7-20-12)17-15(18)11-5-6-13(16)14(9-11)19-2/h3-7,9-10H,8,16H2,1-2H3,(H,17,18). The van der Waals surface area contributed by atoms with Crippen LogP contribution >= 0.6 is 11.3 Å². The summed E-state index contributed by atoms with van der Waals surface area (Å²) < 4.78 is 5.12. The summed E-state index contributed by atoms with van der Waals surface area (Å²) in [5, 5.41) is 5.01. The van der Waals surface area contributed by atoms with Crippen LogP contribution in [0, 0.1) is 0 Å². The average molecular weight is 290 g/mol. The highest BCUT2D eigenvalue weighted by molar-refractivity contribution is 7.09. The van der Waals surface area contributed by atoms with Gasteiger partial charge in [-0.05, 0) is 36.6 Å². The van der Waals surface area contributed by atoms with Crippen LogP contribution in [0.15, 0.2) is 35.7 Å². The van der Waals surface area contributed by atoms with Crippen LogP contribution in [-0.2, 0) is 6.42 Å². The van der Waals surface area contributed by atoms with Gasteiger partial charge in [0.25, 0.3) is 5.91 Å². The summed E-state index contributed by atoms with van der Waals surface area (Å²) in [4.78, 5) is 13.4. The van der Waals surface area contributed by atoms with Crippen molar-refractivity contribution in [2.45, 2.75) is 19.4 Å². The second kappa shape index (κ2) is 6.43. The van der Waals surface area contributed by atoms with Crippen LogP contribution in [0.25, 0.3) is 0 Å². The van der Waals surface area contributed by atoms with E-state index in [1.807, 2.05) is 18.4 Å². The van der Waals surface area contributed by atoms with Crippen molar-refractivity contribution in [2.24, 2.45) is 0 Å². The molecule has 5 heteroatoms. The first-order valence-electron chi connectivity index (χ1n) is 6.37. The molecule has 1 heterocycles. The van der Waals surface area contributed by atoms with E-state index in [1.54, 1.807) is 29.5 Å². The number of amides is 1. The van der Waals surface area contributed by atoms with E-state index in [-0.39, 0.29) is 11.9 Å². The molecule has 0 bridgehead atoms. The van der Waals surface area contributed by atoms with Gasteiger partial charge in [0, 0.05) is 22.9 Å². The number of hydrogen-bond acceptors (Lipinski definition) is 4. The number of carbonyl (C=O) groups is 1. The molecule has 1 aromatic carbocycles. The highest BCUT2D eigenvalue weighted by Gasteiger charge is 2.12. The molecule has 0 radical (unpaired) electrons. The normalized spacial score (nSPS) is 11.9. The molecule has 0 aliphatic heterocycles. The Bertz CT molecular complexity index is 582. The Labute approximate surface area is 122 Å². The van der Waals surface area contributed by atoms with E-state index in [0.717, 1.165) is 6.42 Å². The van der Waals surface area contributed by atoms with Crippen molar-refractivity contribution in [3.63, 3.8) is 0 Å². The van der Waals surface area contributed by atoms with E-state index in [0.29, 0.717) is 17.0 Å². The zero-order chi connectivity index (χ0) is 14.5. The highest BCUT2D eigenvalue weighted by atomic mass is 32.1. The lowest BCUT2D eigenvalue weighted by molar-refractivity contribution is 0.0940. The quantitative estimate of drug-likeness (QED) is 0.832. The van der Waals surface area contributed by atoms with Crippen molar-refractivity contribution >= 4 is 22.9 Å². The molecule has 20 heavy (non-hydrogen) atoms. The molecule has 2 aromatic rings. The number of methoxy groups -OCH3 is 1. The summed E-state index contributed by atoms with van der Waals surface area (Å²) in [5.74, 6) is 0.399. The van der Waals surface area contributed by atoms with Gasteiger partial charge in [0.2, 0.25) is 0 Å². The molecule has 106 valence electrons. The maximum Gasteiger partial charge on any atom is 0.251 e. The molecule has 0 fully saturated rings. The number of thiophene rings is 1. The first-order valence-corrected chi connectivity index (χ1v) is 7.25. The third-order valence-electron chi connectivity index (χ3n) is 2.96. The molecule has 2 rings (SSSR count). The minimum atomic E-state index is -0.118. The Morgan fingerprint density at radius 1 is 1.45 bits per heavy atom.